The largest absolute Gasteiger partial charge is 0.422 e. The number of para-hydroxylation sites is 1. The molecule has 2 aromatic heterocycles. The third-order valence-corrected chi connectivity index (χ3v) is 4.59. The summed E-state index contributed by atoms with van der Waals surface area (Å²) in [7, 11) is 0. The molecule has 7 heteroatoms. The summed E-state index contributed by atoms with van der Waals surface area (Å²) in [5.41, 5.74) is 0.706. The number of carbonyl (C=O) groups excluding carboxylic acids is 1. The summed E-state index contributed by atoms with van der Waals surface area (Å²) in [6, 6.07) is 8.60. The first-order valence-corrected chi connectivity index (χ1v) is 7.93. The number of benzene rings is 1. The topological polar surface area (TPSA) is 81.4 Å². The van der Waals surface area contributed by atoms with Gasteiger partial charge in [-0.3, -0.25) is 10.1 Å². The third-order valence-electron chi connectivity index (χ3n) is 3.60. The van der Waals surface area contributed by atoms with Crippen LogP contribution in [-0.2, 0) is 17.8 Å². The molecule has 1 amide bonds. The molecule has 0 fully saturated rings. The number of amides is 1. The van der Waals surface area contributed by atoms with E-state index >= 15 is 0 Å². The third kappa shape index (κ3) is 2.64. The van der Waals surface area contributed by atoms with Gasteiger partial charge in [-0.25, -0.2) is 9.78 Å². The van der Waals surface area contributed by atoms with Crippen molar-refractivity contribution >= 4 is 33.3 Å². The molecule has 23 heavy (non-hydrogen) atoms. The van der Waals surface area contributed by atoms with Crippen molar-refractivity contribution in [3.63, 3.8) is 0 Å². The molecule has 3 heterocycles. The van der Waals surface area contributed by atoms with Crippen LogP contribution < -0.4 is 10.9 Å². The average molecular weight is 328 g/mol. The Balaban J connectivity index is 1.65. The Morgan fingerprint density at radius 1 is 1.30 bits per heavy atom. The lowest BCUT2D eigenvalue weighted by molar-refractivity contribution is 0.102. The maximum Gasteiger partial charge on any atom is 0.349 e. The normalized spacial score (nSPS) is 13.7. The molecule has 0 bridgehead atoms. The lowest BCUT2D eigenvalue weighted by Crippen LogP contribution is -2.20. The van der Waals surface area contributed by atoms with Crippen LogP contribution in [0.3, 0.4) is 0 Å². The lowest BCUT2D eigenvalue weighted by Gasteiger charge is -2.08. The molecule has 1 aliphatic heterocycles. The van der Waals surface area contributed by atoms with Gasteiger partial charge in [-0.2, -0.15) is 0 Å². The zero-order valence-electron chi connectivity index (χ0n) is 12.0. The van der Waals surface area contributed by atoms with Gasteiger partial charge in [0.05, 0.1) is 23.8 Å². The van der Waals surface area contributed by atoms with Gasteiger partial charge in [0.15, 0.2) is 5.13 Å². The summed E-state index contributed by atoms with van der Waals surface area (Å²) in [4.78, 5) is 29.7. The van der Waals surface area contributed by atoms with Crippen LogP contribution >= 0.6 is 11.3 Å². The van der Waals surface area contributed by atoms with Gasteiger partial charge >= 0.3 is 5.63 Å². The molecular formula is C16H12N2O4S. The Morgan fingerprint density at radius 2 is 2.17 bits per heavy atom. The number of hydrogen-bond donors (Lipinski definition) is 1. The van der Waals surface area contributed by atoms with E-state index in [1.54, 1.807) is 18.2 Å². The molecule has 116 valence electrons. The second-order valence-corrected chi connectivity index (χ2v) is 6.21. The van der Waals surface area contributed by atoms with Gasteiger partial charge in [0, 0.05) is 11.8 Å². The first-order chi connectivity index (χ1) is 11.2. The van der Waals surface area contributed by atoms with E-state index in [0.29, 0.717) is 29.3 Å². The molecule has 1 aliphatic rings. The first kappa shape index (κ1) is 14.1. The second kappa shape index (κ2) is 5.60. The predicted molar refractivity (Wildman–Crippen MR) is 85.9 cm³/mol. The molecular weight excluding hydrogens is 316 g/mol. The van der Waals surface area contributed by atoms with Crippen molar-refractivity contribution in [1.29, 1.82) is 0 Å². The summed E-state index contributed by atoms with van der Waals surface area (Å²) in [6.07, 6.45) is 0.736. The van der Waals surface area contributed by atoms with Crippen LogP contribution in [0.2, 0.25) is 0 Å². The van der Waals surface area contributed by atoms with Gasteiger partial charge in [-0.05, 0) is 12.1 Å². The fraction of sp³-hybridized carbons (Fsp3) is 0.188. The highest BCUT2D eigenvalue weighted by Crippen LogP contribution is 2.27. The highest BCUT2D eigenvalue weighted by molar-refractivity contribution is 7.15. The van der Waals surface area contributed by atoms with Gasteiger partial charge in [0.25, 0.3) is 5.91 Å². The minimum absolute atomic E-state index is 0.0341. The quantitative estimate of drug-likeness (QED) is 0.731. The van der Waals surface area contributed by atoms with E-state index in [4.69, 9.17) is 9.15 Å². The Bertz CT molecular complexity index is 937. The van der Waals surface area contributed by atoms with Crippen molar-refractivity contribution in [3.05, 3.63) is 56.9 Å². The standard InChI is InChI=1S/C16H12N2O4S/c19-14(18-16-17-11-5-6-21-8-13(11)23-16)10-7-9-3-1-2-4-12(9)22-15(10)20/h1-4,7H,5-6,8H2,(H,17,18,19). The van der Waals surface area contributed by atoms with Crippen LogP contribution in [0.5, 0.6) is 0 Å². The fourth-order valence-corrected chi connectivity index (χ4v) is 3.40. The molecule has 0 aliphatic carbocycles. The van der Waals surface area contributed by atoms with Crippen molar-refractivity contribution < 1.29 is 13.9 Å². The highest BCUT2D eigenvalue weighted by atomic mass is 32.1. The minimum Gasteiger partial charge on any atom is -0.422 e. The van der Waals surface area contributed by atoms with Crippen molar-refractivity contribution in [2.75, 3.05) is 11.9 Å². The Kier molecular flexibility index (Phi) is 3.44. The number of anilines is 1. The predicted octanol–water partition coefficient (Wildman–Crippen LogP) is 2.57. The molecule has 0 atom stereocenters. The second-order valence-electron chi connectivity index (χ2n) is 5.13. The van der Waals surface area contributed by atoms with Gasteiger partial charge in [-0.15, -0.1) is 0 Å². The van der Waals surface area contributed by atoms with Gasteiger partial charge < -0.3 is 9.15 Å². The van der Waals surface area contributed by atoms with Crippen LogP contribution in [0.1, 0.15) is 20.9 Å². The molecule has 0 saturated heterocycles. The molecule has 6 nitrogen and oxygen atoms in total. The van der Waals surface area contributed by atoms with Gasteiger partial charge in [0.2, 0.25) is 0 Å². The SMILES string of the molecule is O=C(Nc1nc2c(s1)COCC2)c1cc2ccccc2oc1=O. The van der Waals surface area contributed by atoms with E-state index in [1.807, 2.05) is 6.07 Å². The van der Waals surface area contributed by atoms with Crippen LogP contribution in [0.25, 0.3) is 11.0 Å². The smallest absolute Gasteiger partial charge is 0.349 e. The average Bonchev–Trinajstić information content (AvgIpc) is 2.96. The zero-order valence-corrected chi connectivity index (χ0v) is 12.8. The van der Waals surface area contributed by atoms with E-state index in [-0.39, 0.29) is 5.56 Å². The molecule has 0 spiro atoms. The van der Waals surface area contributed by atoms with E-state index in [2.05, 4.69) is 10.3 Å². The van der Waals surface area contributed by atoms with Crippen LogP contribution in [-0.4, -0.2) is 17.5 Å². The van der Waals surface area contributed by atoms with Crippen LogP contribution in [0.15, 0.2) is 39.5 Å². The number of hydrogen-bond acceptors (Lipinski definition) is 6. The van der Waals surface area contributed by atoms with Gasteiger partial charge in [0.1, 0.15) is 11.1 Å². The number of aromatic nitrogens is 1. The Hall–Kier alpha value is -2.51. The summed E-state index contributed by atoms with van der Waals surface area (Å²) < 4.78 is 10.5. The number of ether oxygens (including phenoxy) is 1. The summed E-state index contributed by atoms with van der Waals surface area (Å²) in [6.45, 7) is 1.15. The molecule has 3 aromatic rings. The van der Waals surface area contributed by atoms with Crippen molar-refractivity contribution in [3.8, 4) is 0 Å². The Morgan fingerprint density at radius 3 is 3.04 bits per heavy atom. The van der Waals surface area contributed by atoms with Gasteiger partial charge in [-0.1, -0.05) is 29.5 Å². The molecule has 4 rings (SSSR count). The maximum atomic E-state index is 12.4. The highest BCUT2D eigenvalue weighted by Gasteiger charge is 2.19. The minimum atomic E-state index is -0.661. The van der Waals surface area contributed by atoms with Crippen LogP contribution in [0.4, 0.5) is 5.13 Å². The number of fused-ring (bicyclic) bond motifs is 2. The fourth-order valence-electron chi connectivity index (χ4n) is 2.46. The summed E-state index contributed by atoms with van der Waals surface area (Å²) in [5.74, 6) is -0.517. The summed E-state index contributed by atoms with van der Waals surface area (Å²) >= 11 is 1.37. The molecule has 0 saturated carbocycles. The zero-order chi connectivity index (χ0) is 15.8. The van der Waals surface area contributed by atoms with Crippen molar-refractivity contribution in [2.24, 2.45) is 0 Å². The number of rotatable bonds is 2. The number of thiazole rings is 1. The molecule has 0 radical (unpaired) electrons. The molecule has 1 aromatic carbocycles. The van der Waals surface area contributed by atoms with Crippen molar-refractivity contribution in [2.45, 2.75) is 13.0 Å². The molecule has 0 unspecified atom stereocenters. The van der Waals surface area contributed by atoms with E-state index in [0.717, 1.165) is 17.0 Å². The molecule has 1 N–H and O–H groups in total. The van der Waals surface area contributed by atoms with Crippen LogP contribution in [0, 0.1) is 0 Å². The summed E-state index contributed by atoms with van der Waals surface area (Å²) in [5, 5.41) is 3.84. The van der Waals surface area contributed by atoms with E-state index < -0.39 is 11.5 Å². The Labute approximate surface area is 134 Å². The number of nitrogens with zero attached hydrogens (tertiary/aromatic N) is 1. The monoisotopic (exact) mass is 328 g/mol. The lowest BCUT2D eigenvalue weighted by atomic mass is 10.2. The maximum absolute atomic E-state index is 12.4. The number of carbonyl (C=O) groups is 1. The number of nitrogens with one attached hydrogen (secondary N) is 1. The first-order valence-electron chi connectivity index (χ1n) is 7.11. The van der Waals surface area contributed by atoms with E-state index in [9.17, 15) is 9.59 Å². The van der Waals surface area contributed by atoms with Crippen molar-refractivity contribution in [1.82, 2.24) is 4.98 Å². The van der Waals surface area contributed by atoms with E-state index in [1.165, 1.54) is 17.4 Å².